The molecule has 0 amide bonds. The topological polar surface area (TPSA) is 34.0 Å². The van der Waals surface area contributed by atoms with Gasteiger partial charge in [0.1, 0.15) is 5.01 Å². The van der Waals surface area contributed by atoms with E-state index in [1.807, 2.05) is 28.5 Å². The quantitative estimate of drug-likeness (QED) is 0.211. The van der Waals surface area contributed by atoms with Gasteiger partial charge < -0.3 is 4.81 Å². The molecular formula is C36H23BN4S. The molecule has 7 aromatic rings. The summed E-state index contributed by atoms with van der Waals surface area (Å²) in [6, 6.07) is 41.6. The van der Waals surface area contributed by atoms with Crippen LogP contribution in [-0.4, -0.2) is 21.6 Å². The van der Waals surface area contributed by atoms with E-state index in [9.17, 15) is 0 Å². The van der Waals surface area contributed by atoms with E-state index < -0.39 is 0 Å². The lowest BCUT2D eigenvalue weighted by Gasteiger charge is -2.43. The Morgan fingerprint density at radius 3 is 2.02 bits per heavy atom. The molecule has 0 radical (unpaired) electrons. The summed E-state index contributed by atoms with van der Waals surface area (Å²) < 4.78 is 2.00. The molecule has 2 aromatic heterocycles. The van der Waals surface area contributed by atoms with Crippen molar-refractivity contribution in [2.45, 2.75) is 0 Å². The number of anilines is 2. The zero-order valence-corrected chi connectivity index (χ0v) is 23.4. The van der Waals surface area contributed by atoms with Crippen molar-refractivity contribution in [2.75, 3.05) is 4.81 Å². The lowest BCUT2D eigenvalue weighted by atomic mass is 9.43. The minimum atomic E-state index is 0.00354. The molecule has 0 spiro atoms. The molecule has 0 saturated carbocycles. The number of benzene rings is 5. The standard InChI is InChI=1S/C36H23BN4S/c1-2-8-24(9-3-1)26-22-39-40(23-26)27-15-17-29-31-11-5-7-13-35(31)41-34-12-6-4-10-30(34)28-16-14-25(36-38-18-19-42-36)20-32(28)37(41)33(29)21-27/h1-23H. The van der Waals surface area contributed by atoms with Crippen LogP contribution in [0.25, 0.3) is 49.6 Å². The van der Waals surface area contributed by atoms with E-state index in [1.54, 1.807) is 11.3 Å². The molecule has 9 rings (SSSR count). The molecule has 5 aromatic carbocycles. The number of para-hydroxylation sites is 2. The number of hydrogen-bond acceptors (Lipinski definition) is 4. The molecule has 0 aliphatic carbocycles. The maximum Gasteiger partial charge on any atom is 0.329 e. The number of thiazole rings is 1. The predicted octanol–water partition coefficient (Wildman–Crippen LogP) is 7.57. The summed E-state index contributed by atoms with van der Waals surface area (Å²) in [5.74, 6) is 0. The second kappa shape index (κ2) is 9.16. The number of hydrogen-bond donors (Lipinski definition) is 0. The van der Waals surface area contributed by atoms with Crippen molar-refractivity contribution < 1.29 is 0 Å². The largest absolute Gasteiger partial charge is 0.376 e. The summed E-state index contributed by atoms with van der Waals surface area (Å²) in [4.78, 5) is 7.17. The molecular weight excluding hydrogens is 531 g/mol. The summed E-state index contributed by atoms with van der Waals surface area (Å²) >= 11 is 1.68. The van der Waals surface area contributed by atoms with Crippen LogP contribution < -0.4 is 15.7 Å². The average molecular weight is 554 g/mol. The number of nitrogens with zero attached hydrogens (tertiary/aromatic N) is 4. The molecule has 2 aliphatic heterocycles. The Balaban J connectivity index is 1.28. The second-order valence-corrected chi connectivity index (χ2v) is 11.7. The first-order valence-electron chi connectivity index (χ1n) is 14.1. The minimum absolute atomic E-state index is 0.00354. The maximum absolute atomic E-state index is 4.78. The van der Waals surface area contributed by atoms with Gasteiger partial charge in [0.25, 0.3) is 0 Å². The molecule has 0 atom stereocenters. The van der Waals surface area contributed by atoms with E-state index in [0.717, 1.165) is 27.4 Å². The van der Waals surface area contributed by atoms with Crippen LogP contribution in [0, 0.1) is 0 Å². The summed E-state index contributed by atoms with van der Waals surface area (Å²) in [7, 11) is 0. The van der Waals surface area contributed by atoms with Crippen molar-refractivity contribution in [3.63, 3.8) is 0 Å². The van der Waals surface area contributed by atoms with Gasteiger partial charge in [-0.3, -0.25) is 0 Å². The molecule has 0 N–H and O–H groups in total. The number of fused-ring (bicyclic) bond motifs is 11. The van der Waals surface area contributed by atoms with Crippen LogP contribution >= 0.6 is 11.3 Å². The highest BCUT2D eigenvalue weighted by Gasteiger charge is 2.42. The fraction of sp³-hybridized carbons (Fsp3) is 0. The van der Waals surface area contributed by atoms with Gasteiger partial charge in [-0.05, 0) is 51.9 Å². The first-order valence-corrected chi connectivity index (χ1v) is 15.0. The smallest absolute Gasteiger partial charge is 0.329 e. The van der Waals surface area contributed by atoms with Crippen LogP contribution in [0.2, 0.25) is 0 Å². The van der Waals surface area contributed by atoms with E-state index in [4.69, 9.17) is 5.10 Å². The lowest BCUT2D eigenvalue weighted by Crippen LogP contribution is -2.59. The minimum Gasteiger partial charge on any atom is -0.376 e. The van der Waals surface area contributed by atoms with Gasteiger partial charge in [-0.1, -0.05) is 91.0 Å². The van der Waals surface area contributed by atoms with Gasteiger partial charge in [0, 0.05) is 51.4 Å². The van der Waals surface area contributed by atoms with Gasteiger partial charge in [0.15, 0.2) is 0 Å². The number of rotatable bonds is 3. The molecule has 6 heteroatoms. The van der Waals surface area contributed by atoms with Gasteiger partial charge in [0.05, 0.1) is 11.9 Å². The van der Waals surface area contributed by atoms with Gasteiger partial charge in [-0.25, -0.2) is 9.67 Å². The normalized spacial score (nSPS) is 12.7. The fourth-order valence-electron chi connectivity index (χ4n) is 6.62. The van der Waals surface area contributed by atoms with Gasteiger partial charge >= 0.3 is 6.85 Å². The number of aromatic nitrogens is 3. The third kappa shape index (κ3) is 3.49. The first-order chi connectivity index (χ1) is 20.8. The van der Waals surface area contributed by atoms with E-state index >= 15 is 0 Å². The summed E-state index contributed by atoms with van der Waals surface area (Å²) in [6.07, 6.45) is 5.95. The Kier molecular flexibility index (Phi) is 5.13. The summed E-state index contributed by atoms with van der Waals surface area (Å²) in [5.41, 5.74) is 14.5. The molecule has 196 valence electrons. The van der Waals surface area contributed by atoms with Gasteiger partial charge in [-0.15, -0.1) is 11.3 Å². The van der Waals surface area contributed by atoms with Gasteiger partial charge in [-0.2, -0.15) is 5.10 Å². The average Bonchev–Trinajstić information content (AvgIpc) is 3.78. The van der Waals surface area contributed by atoms with Crippen LogP contribution in [0.15, 0.2) is 139 Å². The molecule has 2 aliphatic rings. The van der Waals surface area contributed by atoms with E-state index in [2.05, 4.69) is 125 Å². The summed E-state index contributed by atoms with van der Waals surface area (Å²) in [6.45, 7) is 0.00354. The molecule has 0 bridgehead atoms. The molecule has 4 nitrogen and oxygen atoms in total. The molecule has 4 heterocycles. The first kappa shape index (κ1) is 23.5. The molecule has 0 saturated heterocycles. The molecule has 42 heavy (non-hydrogen) atoms. The van der Waals surface area contributed by atoms with Crippen molar-refractivity contribution >= 4 is 40.5 Å². The van der Waals surface area contributed by atoms with Crippen molar-refractivity contribution in [1.29, 1.82) is 0 Å². The third-order valence-corrected chi connectivity index (χ3v) is 9.30. The lowest BCUT2D eigenvalue weighted by molar-refractivity contribution is 0.881. The zero-order chi connectivity index (χ0) is 27.6. The van der Waals surface area contributed by atoms with E-state index in [0.29, 0.717) is 0 Å². The highest BCUT2D eigenvalue weighted by Crippen LogP contribution is 2.46. The highest BCUT2D eigenvalue weighted by atomic mass is 32.1. The Morgan fingerprint density at radius 2 is 1.29 bits per heavy atom. The zero-order valence-electron chi connectivity index (χ0n) is 22.6. The monoisotopic (exact) mass is 554 g/mol. The van der Waals surface area contributed by atoms with Crippen LogP contribution in [0.3, 0.4) is 0 Å². The third-order valence-electron chi connectivity index (χ3n) is 8.48. The van der Waals surface area contributed by atoms with Crippen molar-refractivity contribution in [3.8, 4) is 49.6 Å². The summed E-state index contributed by atoms with van der Waals surface area (Å²) in [5, 5.41) is 7.87. The van der Waals surface area contributed by atoms with Crippen LogP contribution in [0.4, 0.5) is 11.4 Å². The maximum atomic E-state index is 4.78. The van der Waals surface area contributed by atoms with Crippen molar-refractivity contribution in [2.24, 2.45) is 0 Å². The van der Waals surface area contributed by atoms with Crippen LogP contribution in [-0.2, 0) is 0 Å². The van der Waals surface area contributed by atoms with E-state index in [-0.39, 0.29) is 6.85 Å². The Bertz CT molecular complexity index is 2120. The molecule has 0 fully saturated rings. The molecule has 0 unspecified atom stereocenters. The van der Waals surface area contributed by atoms with Crippen molar-refractivity contribution in [1.82, 2.24) is 14.8 Å². The predicted molar refractivity (Wildman–Crippen MR) is 175 cm³/mol. The second-order valence-electron chi connectivity index (χ2n) is 10.8. The Labute approximate surface area is 248 Å². The van der Waals surface area contributed by atoms with Crippen LogP contribution in [0.5, 0.6) is 0 Å². The Hall–Kier alpha value is -5.20. The Morgan fingerprint density at radius 1 is 0.595 bits per heavy atom. The van der Waals surface area contributed by atoms with E-state index in [1.165, 1.54) is 44.6 Å². The van der Waals surface area contributed by atoms with Crippen molar-refractivity contribution in [3.05, 3.63) is 139 Å². The highest BCUT2D eigenvalue weighted by molar-refractivity contribution is 7.13. The fourth-order valence-corrected chi connectivity index (χ4v) is 7.25. The van der Waals surface area contributed by atoms with Crippen LogP contribution in [0.1, 0.15) is 0 Å². The SMILES string of the molecule is c1ccc(-c2cnn(-c3ccc4c(c3)B3c5cc(-c6nccs6)ccc5-c5ccccc5N3c3ccccc3-4)c2)cc1. The van der Waals surface area contributed by atoms with Gasteiger partial charge in [0.2, 0.25) is 0 Å².